The third-order valence-corrected chi connectivity index (χ3v) is 2.55. The normalized spacial score (nSPS) is 9.75. The molecule has 100 valence electrons. The fourth-order valence-electron chi connectivity index (χ4n) is 1.60. The Morgan fingerprint density at radius 1 is 1.25 bits per heavy atom. The number of aryl methyl sites for hydroxylation is 1. The van der Waals surface area contributed by atoms with E-state index in [1.165, 1.54) is 12.3 Å². The summed E-state index contributed by atoms with van der Waals surface area (Å²) in [5.74, 6) is 2.79. The van der Waals surface area contributed by atoms with Crippen molar-refractivity contribution in [3.05, 3.63) is 64.5 Å². The summed E-state index contributed by atoms with van der Waals surface area (Å²) in [7, 11) is 0. The van der Waals surface area contributed by atoms with Crippen molar-refractivity contribution in [2.45, 2.75) is 6.92 Å². The molecule has 0 bridgehead atoms. The zero-order valence-corrected chi connectivity index (χ0v) is 10.4. The van der Waals surface area contributed by atoms with Gasteiger partial charge in [-0.05, 0) is 36.8 Å². The van der Waals surface area contributed by atoms with Crippen LogP contribution in [0.25, 0.3) is 0 Å². The lowest BCUT2D eigenvalue weighted by atomic mass is 10.1. The van der Waals surface area contributed by atoms with Crippen LogP contribution in [-0.4, -0.2) is 16.1 Å². The number of hydrogen-bond acceptors (Lipinski definition) is 2. The van der Waals surface area contributed by atoms with E-state index >= 15 is 0 Å². The van der Waals surface area contributed by atoms with Gasteiger partial charge in [0.2, 0.25) is 0 Å². The van der Waals surface area contributed by atoms with Crippen molar-refractivity contribution in [3.8, 4) is 11.8 Å². The first-order valence-electron chi connectivity index (χ1n) is 5.64. The van der Waals surface area contributed by atoms with E-state index in [0.717, 1.165) is 18.2 Å². The van der Waals surface area contributed by atoms with Gasteiger partial charge in [-0.1, -0.05) is 11.8 Å². The Kier molecular flexibility index (Phi) is 3.76. The Hall–Kier alpha value is -2.74. The van der Waals surface area contributed by atoms with Crippen molar-refractivity contribution in [2.75, 3.05) is 0 Å². The average molecular weight is 273 g/mol. The largest absolute Gasteiger partial charge is 0.477 e. The summed E-state index contributed by atoms with van der Waals surface area (Å²) in [5.41, 5.74) is 0.748. The minimum absolute atomic E-state index is 0.0625. The molecule has 20 heavy (non-hydrogen) atoms. The van der Waals surface area contributed by atoms with Gasteiger partial charge in [0.15, 0.2) is 5.69 Å². The number of carboxylic acid groups (broad SMARTS) is 1. The Balaban J connectivity index is 2.36. The molecular weight excluding hydrogens is 264 g/mol. The Morgan fingerprint density at radius 2 is 2.00 bits per heavy atom. The molecule has 0 spiro atoms. The van der Waals surface area contributed by atoms with E-state index in [1.807, 2.05) is 0 Å². The van der Waals surface area contributed by atoms with Crippen molar-refractivity contribution < 1.29 is 18.7 Å². The molecule has 2 rings (SSSR count). The second-order valence-corrected chi connectivity index (χ2v) is 4.07. The second kappa shape index (κ2) is 5.49. The topological polar surface area (TPSA) is 50.2 Å². The number of aromatic carboxylic acids is 1. The van der Waals surface area contributed by atoms with Crippen LogP contribution in [0.5, 0.6) is 0 Å². The summed E-state index contributed by atoms with van der Waals surface area (Å²) in [5, 5.41) is 8.84. The maximum absolute atomic E-state index is 13.4. The molecule has 0 saturated carbocycles. The molecule has 1 aromatic carbocycles. The summed E-state index contributed by atoms with van der Waals surface area (Å²) < 4.78 is 26.3. The van der Waals surface area contributed by atoms with E-state index in [9.17, 15) is 13.6 Å². The summed E-state index contributed by atoms with van der Waals surface area (Å²) in [4.78, 5) is 14.6. The lowest BCUT2D eigenvalue weighted by Crippen LogP contribution is -2.03. The second-order valence-electron chi connectivity index (χ2n) is 4.07. The van der Waals surface area contributed by atoms with Gasteiger partial charge < -0.3 is 5.11 Å². The van der Waals surface area contributed by atoms with Gasteiger partial charge in [-0.15, -0.1) is 0 Å². The van der Waals surface area contributed by atoms with Crippen LogP contribution in [0.3, 0.4) is 0 Å². The lowest BCUT2D eigenvalue weighted by Gasteiger charge is -1.99. The molecule has 0 aliphatic carbocycles. The van der Waals surface area contributed by atoms with Gasteiger partial charge in [0, 0.05) is 11.8 Å². The highest BCUT2D eigenvalue weighted by Gasteiger charge is 2.08. The number of halogens is 2. The number of hydrogen-bond donors (Lipinski definition) is 1. The minimum atomic E-state index is -1.13. The molecule has 0 atom stereocenters. The maximum atomic E-state index is 13.4. The standard InChI is InChI=1S/C15H9F2NO2/c1-9-6-10(8-18-14(9)15(19)20)2-3-11-7-12(16)4-5-13(11)17/h4-8H,1H3,(H,19,20). The SMILES string of the molecule is Cc1cc(C#Cc2cc(F)ccc2F)cnc1C(=O)O. The Morgan fingerprint density at radius 3 is 2.65 bits per heavy atom. The number of carbonyl (C=O) groups is 1. The highest BCUT2D eigenvalue weighted by Crippen LogP contribution is 2.10. The smallest absolute Gasteiger partial charge is 0.354 e. The third-order valence-electron chi connectivity index (χ3n) is 2.55. The number of carboxylic acids is 1. The lowest BCUT2D eigenvalue weighted by molar-refractivity contribution is 0.0689. The van der Waals surface area contributed by atoms with Crippen LogP contribution in [0.2, 0.25) is 0 Å². The Bertz CT molecular complexity index is 745. The van der Waals surface area contributed by atoms with Gasteiger partial charge in [0.25, 0.3) is 0 Å². The number of aromatic nitrogens is 1. The molecule has 5 heteroatoms. The number of nitrogens with zero attached hydrogens (tertiary/aromatic N) is 1. The van der Waals surface area contributed by atoms with Gasteiger partial charge in [-0.25, -0.2) is 18.6 Å². The molecule has 0 saturated heterocycles. The van der Waals surface area contributed by atoms with E-state index < -0.39 is 17.6 Å². The van der Waals surface area contributed by atoms with Crippen LogP contribution in [-0.2, 0) is 0 Å². The molecule has 0 unspecified atom stereocenters. The zero-order valence-electron chi connectivity index (χ0n) is 10.4. The maximum Gasteiger partial charge on any atom is 0.354 e. The van der Waals surface area contributed by atoms with E-state index in [2.05, 4.69) is 16.8 Å². The van der Waals surface area contributed by atoms with Gasteiger partial charge in [-0.3, -0.25) is 0 Å². The van der Waals surface area contributed by atoms with Crippen molar-refractivity contribution in [2.24, 2.45) is 0 Å². The van der Waals surface area contributed by atoms with Gasteiger partial charge in [0.1, 0.15) is 11.6 Å². The zero-order chi connectivity index (χ0) is 14.7. The highest BCUT2D eigenvalue weighted by molar-refractivity contribution is 5.87. The van der Waals surface area contributed by atoms with E-state index in [1.54, 1.807) is 6.92 Å². The molecule has 3 nitrogen and oxygen atoms in total. The molecule has 1 aromatic heterocycles. The fraction of sp³-hybridized carbons (Fsp3) is 0.0667. The van der Waals surface area contributed by atoms with Crippen molar-refractivity contribution in [3.63, 3.8) is 0 Å². The minimum Gasteiger partial charge on any atom is -0.477 e. The molecule has 0 amide bonds. The van der Waals surface area contributed by atoms with E-state index in [4.69, 9.17) is 5.11 Å². The average Bonchev–Trinajstić information content (AvgIpc) is 2.39. The number of pyridine rings is 1. The van der Waals surface area contributed by atoms with Crippen LogP contribution in [0.1, 0.15) is 27.2 Å². The first-order valence-corrected chi connectivity index (χ1v) is 5.64. The molecule has 0 fully saturated rings. The molecule has 0 aliphatic heterocycles. The fourth-order valence-corrected chi connectivity index (χ4v) is 1.60. The quantitative estimate of drug-likeness (QED) is 0.813. The highest BCUT2D eigenvalue weighted by atomic mass is 19.1. The molecule has 0 aliphatic rings. The van der Waals surface area contributed by atoms with Crippen molar-refractivity contribution >= 4 is 5.97 Å². The van der Waals surface area contributed by atoms with E-state index in [-0.39, 0.29) is 11.3 Å². The van der Waals surface area contributed by atoms with Crippen LogP contribution < -0.4 is 0 Å². The first-order chi connectivity index (χ1) is 9.47. The summed E-state index contributed by atoms with van der Waals surface area (Å²) in [6, 6.07) is 4.53. The third kappa shape index (κ3) is 2.98. The molecule has 1 heterocycles. The van der Waals surface area contributed by atoms with Gasteiger partial charge in [0.05, 0.1) is 5.56 Å². The first kappa shape index (κ1) is 13.7. The summed E-state index contributed by atoms with van der Waals surface area (Å²) >= 11 is 0. The number of benzene rings is 1. The summed E-state index contributed by atoms with van der Waals surface area (Å²) in [6.45, 7) is 1.59. The predicted molar refractivity (Wildman–Crippen MR) is 68.3 cm³/mol. The predicted octanol–water partition coefficient (Wildman–Crippen LogP) is 2.77. The summed E-state index contributed by atoms with van der Waals surface area (Å²) in [6.07, 6.45) is 1.28. The van der Waals surface area contributed by atoms with E-state index in [0.29, 0.717) is 11.1 Å². The van der Waals surface area contributed by atoms with Crippen LogP contribution in [0, 0.1) is 30.4 Å². The molecular formula is C15H9F2NO2. The van der Waals surface area contributed by atoms with Crippen LogP contribution >= 0.6 is 0 Å². The molecule has 1 N–H and O–H groups in total. The molecule has 0 radical (unpaired) electrons. The number of rotatable bonds is 1. The van der Waals surface area contributed by atoms with Gasteiger partial charge in [-0.2, -0.15) is 0 Å². The van der Waals surface area contributed by atoms with Crippen molar-refractivity contribution in [1.82, 2.24) is 4.98 Å². The Labute approximate surface area is 113 Å². The van der Waals surface area contributed by atoms with Gasteiger partial charge >= 0.3 is 5.97 Å². The molecule has 2 aromatic rings. The monoisotopic (exact) mass is 273 g/mol. The van der Waals surface area contributed by atoms with Crippen LogP contribution in [0.4, 0.5) is 8.78 Å². The van der Waals surface area contributed by atoms with Crippen LogP contribution in [0.15, 0.2) is 30.5 Å². The van der Waals surface area contributed by atoms with Crippen molar-refractivity contribution in [1.29, 1.82) is 0 Å².